The molecule has 2 rings (SSSR count). The van der Waals surface area contributed by atoms with E-state index in [-0.39, 0.29) is 5.41 Å². The normalized spacial score (nSPS) is 11.6. The molecule has 0 bridgehead atoms. The van der Waals surface area contributed by atoms with Gasteiger partial charge < -0.3 is 5.32 Å². The average molecular weight is 309 g/mol. The minimum absolute atomic E-state index is 0.0293. The van der Waals surface area contributed by atoms with Gasteiger partial charge in [0.1, 0.15) is 5.82 Å². The Balaban J connectivity index is 1.67. The molecule has 0 spiro atoms. The number of rotatable bonds is 6. The van der Waals surface area contributed by atoms with Gasteiger partial charge in [0.25, 0.3) is 0 Å². The van der Waals surface area contributed by atoms with E-state index in [1.807, 2.05) is 6.07 Å². The van der Waals surface area contributed by atoms with Crippen LogP contribution in [0.15, 0.2) is 22.8 Å². The van der Waals surface area contributed by atoms with E-state index < -0.39 is 0 Å². The molecule has 1 N–H and O–H groups in total. The summed E-state index contributed by atoms with van der Waals surface area (Å²) in [5.74, 6) is 2.63. The Labute approximate surface area is 127 Å². The summed E-state index contributed by atoms with van der Waals surface area (Å²) in [4.78, 5) is 12.8. The fourth-order valence-corrected chi connectivity index (χ4v) is 3.19. The van der Waals surface area contributed by atoms with Gasteiger partial charge in [-0.1, -0.05) is 32.5 Å². The molecule has 0 aromatic carbocycles. The number of nitrogens with zero attached hydrogens (tertiary/aromatic N) is 4. The monoisotopic (exact) mass is 309 g/mol. The summed E-state index contributed by atoms with van der Waals surface area (Å²) in [7, 11) is 0. The van der Waals surface area contributed by atoms with Gasteiger partial charge in [-0.05, 0) is 24.0 Å². The van der Waals surface area contributed by atoms with Crippen molar-refractivity contribution in [1.82, 2.24) is 19.3 Å². The van der Waals surface area contributed by atoms with Gasteiger partial charge in [-0.2, -0.15) is 4.37 Å². The van der Waals surface area contributed by atoms with Gasteiger partial charge in [0.2, 0.25) is 5.95 Å². The molecular weight excluding hydrogens is 290 g/mol. The highest BCUT2D eigenvalue weighted by atomic mass is 32.2. The zero-order valence-corrected chi connectivity index (χ0v) is 13.6. The van der Waals surface area contributed by atoms with Gasteiger partial charge in [0.05, 0.1) is 0 Å². The molecule has 5 nitrogen and oxygen atoms in total. The molecule has 2 aromatic heterocycles. The molecule has 0 fully saturated rings. The van der Waals surface area contributed by atoms with Crippen LogP contribution in [0.1, 0.15) is 33.0 Å². The van der Waals surface area contributed by atoms with Crippen molar-refractivity contribution < 1.29 is 0 Å². The molecule has 0 radical (unpaired) electrons. The molecule has 0 aliphatic rings. The summed E-state index contributed by atoms with van der Waals surface area (Å²) >= 11 is 3.24. The highest BCUT2D eigenvalue weighted by molar-refractivity contribution is 8.00. The van der Waals surface area contributed by atoms with Gasteiger partial charge in [-0.25, -0.2) is 15.0 Å². The third-order valence-electron chi connectivity index (χ3n) is 2.47. The minimum Gasteiger partial charge on any atom is -0.354 e. The maximum atomic E-state index is 4.56. The third-order valence-corrected chi connectivity index (χ3v) is 4.39. The topological polar surface area (TPSA) is 63.6 Å². The Hall–Kier alpha value is -1.21. The predicted molar refractivity (Wildman–Crippen MR) is 84.5 cm³/mol. The Bertz CT molecular complexity index is 521. The molecule has 0 saturated heterocycles. The average Bonchev–Trinajstić information content (AvgIpc) is 2.88. The molecule has 0 aliphatic carbocycles. The van der Waals surface area contributed by atoms with Crippen molar-refractivity contribution >= 4 is 29.2 Å². The maximum absolute atomic E-state index is 4.56. The lowest BCUT2D eigenvalue weighted by molar-refractivity contribution is 0.551. The van der Waals surface area contributed by atoms with E-state index in [2.05, 4.69) is 45.4 Å². The van der Waals surface area contributed by atoms with Crippen LogP contribution in [0.2, 0.25) is 0 Å². The lowest BCUT2D eigenvalue weighted by Crippen LogP contribution is -2.12. The molecular formula is C13H19N5S2. The lowest BCUT2D eigenvalue weighted by atomic mass is 9.96. The van der Waals surface area contributed by atoms with Crippen LogP contribution in [-0.4, -0.2) is 31.6 Å². The lowest BCUT2D eigenvalue weighted by Gasteiger charge is -2.12. The maximum Gasteiger partial charge on any atom is 0.222 e. The van der Waals surface area contributed by atoms with Gasteiger partial charge in [-0.15, -0.1) is 0 Å². The summed E-state index contributed by atoms with van der Waals surface area (Å²) in [6.07, 6.45) is 4.51. The molecule has 108 valence electrons. The van der Waals surface area contributed by atoms with Crippen LogP contribution in [-0.2, 0) is 5.41 Å². The summed E-state index contributed by atoms with van der Waals surface area (Å²) in [6.45, 7) is 7.26. The van der Waals surface area contributed by atoms with E-state index in [1.54, 1.807) is 24.2 Å². The van der Waals surface area contributed by atoms with Crippen molar-refractivity contribution in [1.29, 1.82) is 0 Å². The van der Waals surface area contributed by atoms with E-state index in [0.29, 0.717) is 5.95 Å². The minimum atomic E-state index is 0.0293. The number of hydrogen-bond acceptors (Lipinski definition) is 7. The number of anilines is 1. The van der Waals surface area contributed by atoms with Gasteiger partial charge in [0, 0.05) is 30.1 Å². The Kier molecular flexibility index (Phi) is 5.31. The Morgan fingerprint density at radius 3 is 2.65 bits per heavy atom. The third kappa shape index (κ3) is 4.72. The Morgan fingerprint density at radius 2 is 2.00 bits per heavy atom. The first-order chi connectivity index (χ1) is 9.55. The molecule has 0 amide bonds. The van der Waals surface area contributed by atoms with E-state index >= 15 is 0 Å². The standard InChI is InChI=1S/C13H19N5S2/c1-13(2,3)10-17-12(20-18-10)19-9-5-8-16-11-14-6-4-7-15-11/h4,6-7H,5,8-9H2,1-3H3,(H,14,15,16). The zero-order chi connectivity index (χ0) is 14.4. The summed E-state index contributed by atoms with van der Waals surface area (Å²) in [5, 5.41) is 3.19. The molecule has 0 saturated carbocycles. The summed E-state index contributed by atoms with van der Waals surface area (Å²) in [6, 6.07) is 1.81. The van der Waals surface area contributed by atoms with Crippen molar-refractivity contribution in [2.45, 2.75) is 36.9 Å². The van der Waals surface area contributed by atoms with Crippen LogP contribution >= 0.6 is 23.3 Å². The molecule has 20 heavy (non-hydrogen) atoms. The quantitative estimate of drug-likeness (QED) is 0.653. The molecule has 2 aromatic rings. The van der Waals surface area contributed by atoms with Crippen LogP contribution in [0, 0.1) is 0 Å². The summed E-state index contributed by atoms with van der Waals surface area (Å²) < 4.78 is 5.46. The van der Waals surface area contributed by atoms with Crippen molar-refractivity contribution in [2.24, 2.45) is 0 Å². The van der Waals surface area contributed by atoms with Crippen LogP contribution in [0.4, 0.5) is 5.95 Å². The fraction of sp³-hybridized carbons (Fsp3) is 0.538. The molecule has 0 atom stereocenters. The van der Waals surface area contributed by atoms with Crippen LogP contribution < -0.4 is 5.32 Å². The number of hydrogen-bond donors (Lipinski definition) is 1. The van der Waals surface area contributed by atoms with Gasteiger partial charge in [0.15, 0.2) is 4.34 Å². The number of aromatic nitrogens is 4. The first-order valence-electron chi connectivity index (χ1n) is 6.53. The van der Waals surface area contributed by atoms with Crippen molar-refractivity contribution in [2.75, 3.05) is 17.6 Å². The van der Waals surface area contributed by atoms with E-state index in [9.17, 15) is 0 Å². The van der Waals surface area contributed by atoms with Crippen LogP contribution in [0.25, 0.3) is 0 Å². The second-order valence-electron chi connectivity index (χ2n) is 5.34. The first-order valence-corrected chi connectivity index (χ1v) is 8.29. The van der Waals surface area contributed by atoms with Crippen molar-refractivity contribution in [3.05, 3.63) is 24.3 Å². The second-order valence-corrected chi connectivity index (χ2v) is 7.43. The van der Waals surface area contributed by atoms with Crippen LogP contribution in [0.3, 0.4) is 0 Å². The zero-order valence-electron chi connectivity index (χ0n) is 12.0. The smallest absolute Gasteiger partial charge is 0.222 e. The SMILES string of the molecule is CC(C)(C)c1nsc(SCCCNc2ncccn2)n1. The number of nitrogens with one attached hydrogen (secondary N) is 1. The summed E-state index contributed by atoms with van der Waals surface area (Å²) in [5.41, 5.74) is 0.0293. The van der Waals surface area contributed by atoms with Gasteiger partial charge in [-0.3, -0.25) is 0 Å². The van der Waals surface area contributed by atoms with Crippen molar-refractivity contribution in [3.63, 3.8) is 0 Å². The predicted octanol–water partition coefficient (Wildman–Crippen LogP) is 3.22. The Morgan fingerprint density at radius 1 is 1.25 bits per heavy atom. The largest absolute Gasteiger partial charge is 0.354 e. The van der Waals surface area contributed by atoms with Crippen molar-refractivity contribution in [3.8, 4) is 0 Å². The number of thioether (sulfide) groups is 1. The highest BCUT2D eigenvalue weighted by Crippen LogP contribution is 2.26. The molecule has 0 unspecified atom stereocenters. The second kappa shape index (κ2) is 6.99. The molecule has 7 heteroatoms. The first kappa shape index (κ1) is 15.2. The highest BCUT2D eigenvalue weighted by Gasteiger charge is 2.19. The molecule has 0 aliphatic heterocycles. The van der Waals surface area contributed by atoms with E-state index in [1.165, 1.54) is 11.5 Å². The fourth-order valence-electron chi connectivity index (χ4n) is 1.40. The van der Waals surface area contributed by atoms with E-state index in [0.717, 1.165) is 28.9 Å². The molecule has 2 heterocycles. The van der Waals surface area contributed by atoms with E-state index in [4.69, 9.17) is 0 Å². The van der Waals surface area contributed by atoms with Crippen LogP contribution in [0.5, 0.6) is 0 Å². The van der Waals surface area contributed by atoms with Gasteiger partial charge >= 0.3 is 0 Å².